The molecular weight excluding hydrogens is 306 g/mol. The predicted molar refractivity (Wildman–Crippen MR) is 90.9 cm³/mol. The van der Waals surface area contributed by atoms with E-state index in [0.29, 0.717) is 11.5 Å². The Morgan fingerprint density at radius 1 is 1.21 bits per heavy atom. The largest absolute Gasteiger partial charge is 0.478 e. The van der Waals surface area contributed by atoms with Crippen LogP contribution in [0.15, 0.2) is 40.8 Å². The molecule has 1 heterocycles. The van der Waals surface area contributed by atoms with Gasteiger partial charge in [-0.1, -0.05) is 44.2 Å². The molecule has 1 aromatic carbocycles. The highest BCUT2D eigenvalue weighted by molar-refractivity contribution is 5.89. The maximum atomic E-state index is 12.9. The minimum atomic E-state index is -1.03. The second kappa shape index (κ2) is 7.34. The van der Waals surface area contributed by atoms with Gasteiger partial charge in [0.2, 0.25) is 5.91 Å². The third kappa shape index (κ3) is 3.85. The number of rotatable bonds is 6. The number of nitrogens with zero attached hydrogens (tertiary/aromatic N) is 1. The Morgan fingerprint density at radius 2 is 1.83 bits per heavy atom. The normalized spacial score (nSPS) is 12.2. The van der Waals surface area contributed by atoms with Crippen LogP contribution in [0.3, 0.4) is 0 Å². The number of carbonyl (C=O) groups is 2. The van der Waals surface area contributed by atoms with E-state index in [0.717, 1.165) is 5.56 Å². The summed E-state index contributed by atoms with van der Waals surface area (Å²) in [5.41, 5.74) is 1.11. The molecule has 1 atom stereocenters. The van der Waals surface area contributed by atoms with Gasteiger partial charge in [-0.05, 0) is 24.5 Å². The Hall–Kier alpha value is -2.56. The first-order chi connectivity index (χ1) is 11.3. The van der Waals surface area contributed by atoms with Gasteiger partial charge in [0.1, 0.15) is 17.1 Å². The molecule has 0 saturated heterocycles. The van der Waals surface area contributed by atoms with Crippen LogP contribution in [0.4, 0.5) is 0 Å². The number of hydrogen-bond donors (Lipinski definition) is 1. The van der Waals surface area contributed by atoms with E-state index >= 15 is 0 Å². The first-order valence-corrected chi connectivity index (χ1v) is 7.93. The smallest absolute Gasteiger partial charge is 0.339 e. The van der Waals surface area contributed by atoms with Crippen LogP contribution in [0, 0.1) is 12.8 Å². The van der Waals surface area contributed by atoms with E-state index in [-0.39, 0.29) is 29.9 Å². The van der Waals surface area contributed by atoms with E-state index in [4.69, 9.17) is 9.52 Å². The number of hydrogen-bond acceptors (Lipinski definition) is 3. The highest BCUT2D eigenvalue weighted by Crippen LogP contribution is 2.27. The molecule has 0 saturated carbocycles. The average molecular weight is 329 g/mol. The third-order valence-electron chi connectivity index (χ3n) is 4.06. The minimum Gasteiger partial charge on any atom is -0.478 e. The maximum Gasteiger partial charge on any atom is 0.339 e. The quantitative estimate of drug-likeness (QED) is 0.877. The lowest BCUT2D eigenvalue weighted by Crippen LogP contribution is -2.33. The van der Waals surface area contributed by atoms with E-state index < -0.39 is 5.97 Å². The summed E-state index contributed by atoms with van der Waals surface area (Å²) in [4.78, 5) is 25.6. The van der Waals surface area contributed by atoms with Crippen molar-refractivity contribution in [1.29, 1.82) is 0 Å². The number of aromatic carboxylic acids is 1. The molecule has 24 heavy (non-hydrogen) atoms. The monoisotopic (exact) mass is 329 g/mol. The van der Waals surface area contributed by atoms with Gasteiger partial charge in [-0.3, -0.25) is 4.79 Å². The van der Waals surface area contributed by atoms with Gasteiger partial charge >= 0.3 is 5.97 Å². The van der Waals surface area contributed by atoms with Gasteiger partial charge in [0.15, 0.2) is 0 Å². The lowest BCUT2D eigenvalue weighted by Gasteiger charge is -2.26. The molecule has 1 unspecified atom stereocenters. The fourth-order valence-corrected chi connectivity index (χ4v) is 2.86. The van der Waals surface area contributed by atoms with E-state index in [9.17, 15) is 9.59 Å². The molecular formula is C19H23NO4. The topological polar surface area (TPSA) is 70.8 Å². The van der Waals surface area contributed by atoms with Crippen LogP contribution in [-0.4, -0.2) is 28.9 Å². The fraction of sp³-hybridized carbons (Fsp3) is 0.368. The van der Waals surface area contributed by atoms with Crippen molar-refractivity contribution in [3.63, 3.8) is 0 Å². The van der Waals surface area contributed by atoms with E-state index in [1.807, 2.05) is 44.2 Å². The predicted octanol–water partition coefficient (Wildman–Crippen LogP) is 3.68. The lowest BCUT2D eigenvalue weighted by molar-refractivity contribution is -0.133. The molecule has 1 N–H and O–H groups in total. The molecule has 5 heteroatoms. The van der Waals surface area contributed by atoms with Crippen molar-refractivity contribution in [1.82, 2.24) is 4.90 Å². The summed E-state index contributed by atoms with van der Waals surface area (Å²) in [6, 6.07) is 11.2. The van der Waals surface area contributed by atoms with E-state index in [1.54, 1.807) is 18.9 Å². The van der Waals surface area contributed by atoms with Gasteiger partial charge < -0.3 is 14.4 Å². The van der Waals surface area contributed by atoms with E-state index in [2.05, 4.69) is 0 Å². The standard InChI is InChI=1S/C19H23NO4/c1-12(2)17(14-8-6-5-7-9-14)18(21)20(4)11-15-10-16(19(22)23)13(3)24-15/h5-10,12,17H,11H2,1-4H3,(H,22,23). The van der Waals surface area contributed by atoms with Crippen LogP contribution in [0.2, 0.25) is 0 Å². The second-order valence-electron chi connectivity index (χ2n) is 6.31. The van der Waals surface area contributed by atoms with Gasteiger partial charge in [0.05, 0.1) is 12.5 Å². The zero-order chi connectivity index (χ0) is 17.9. The molecule has 0 aliphatic carbocycles. The van der Waals surface area contributed by atoms with Crippen molar-refractivity contribution in [2.75, 3.05) is 7.05 Å². The van der Waals surface area contributed by atoms with Crippen LogP contribution in [0.5, 0.6) is 0 Å². The lowest BCUT2D eigenvalue weighted by atomic mass is 9.87. The van der Waals surface area contributed by atoms with Crippen molar-refractivity contribution in [2.45, 2.75) is 33.2 Å². The van der Waals surface area contributed by atoms with Crippen LogP contribution in [-0.2, 0) is 11.3 Å². The number of carboxylic acids is 1. The van der Waals surface area contributed by atoms with Crippen molar-refractivity contribution >= 4 is 11.9 Å². The number of amides is 1. The fourth-order valence-electron chi connectivity index (χ4n) is 2.86. The molecule has 0 radical (unpaired) electrons. The number of benzene rings is 1. The van der Waals surface area contributed by atoms with Crippen molar-refractivity contribution in [3.8, 4) is 0 Å². The first-order valence-electron chi connectivity index (χ1n) is 7.93. The molecule has 0 fully saturated rings. The summed E-state index contributed by atoms with van der Waals surface area (Å²) in [7, 11) is 1.71. The Labute approximate surface area is 141 Å². The number of likely N-dealkylation sites (N-methyl/N-ethyl adjacent to an activating group) is 1. The van der Waals surface area contributed by atoms with Crippen LogP contribution in [0.1, 0.15) is 47.2 Å². The summed E-state index contributed by atoms with van der Waals surface area (Å²) in [5, 5.41) is 9.09. The SMILES string of the molecule is Cc1oc(CN(C)C(=O)C(c2ccccc2)C(C)C)cc1C(=O)O. The van der Waals surface area contributed by atoms with Crippen molar-refractivity contribution in [3.05, 3.63) is 59.0 Å². The first kappa shape index (κ1) is 17.8. The molecule has 2 aromatic rings. The zero-order valence-corrected chi connectivity index (χ0v) is 14.4. The Balaban J connectivity index is 2.18. The molecule has 5 nitrogen and oxygen atoms in total. The third-order valence-corrected chi connectivity index (χ3v) is 4.06. The molecule has 1 amide bonds. The Kier molecular flexibility index (Phi) is 5.44. The zero-order valence-electron chi connectivity index (χ0n) is 14.4. The number of carboxylic acid groups (broad SMARTS) is 1. The van der Waals surface area contributed by atoms with Crippen molar-refractivity contribution < 1.29 is 19.1 Å². The molecule has 0 aliphatic rings. The van der Waals surface area contributed by atoms with Crippen LogP contribution >= 0.6 is 0 Å². The van der Waals surface area contributed by atoms with Crippen LogP contribution in [0.25, 0.3) is 0 Å². The molecule has 128 valence electrons. The molecule has 0 spiro atoms. The van der Waals surface area contributed by atoms with Crippen molar-refractivity contribution in [2.24, 2.45) is 5.92 Å². The Bertz CT molecular complexity index is 718. The highest BCUT2D eigenvalue weighted by atomic mass is 16.4. The van der Waals surface area contributed by atoms with Crippen LogP contribution < -0.4 is 0 Å². The van der Waals surface area contributed by atoms with Gasteiger partial charge in [0, 0.05) is 7.05 Å². The Morgan fingerprint density at radius 3 is 2.33 bits per heavy atom. The van der Waals surface area contributed by atoms with Gasteiger partial charge in [0.25, 0.3) is 0 Å². The van der Waals surface area contributed by atoms with Gasteiger partial charge in [-0.25, -0.2) is 4.79 Å². The summed E-state index contributed by atoms with van der Waals surface area (Å²) in [5.74, 6) is -0.317. The minimum absolute atomic E-state index is 0.0119. The summed E-state index contributed by atoms with van der Waals surface area (Å²) in [6.45, 7) is 5.88. The number of furan rings is 1. The molecule has 1 aromatic heterocycles. The summed E-state index contributed by atoms with van der Waals surface area (Å²) >= 11 is 0. The average Bonchev–Trinajstić information content (AvgIpc) is 2.88. The van der Waals surface area contributed by atoms with E-state index in [1.165, 1.54) is 6.07 Å². The number of aryl methyl sites for hydroxylation is 1. The number of carbonyl (C=O) groups excluding carboxylic acids is 1. The molecule has 0 aliphatic heterocycles. The molecule has 2 rings (SSSR count). The highest BCUT2D eigenvalue weighted by Gasteiger charge is 2.27. The molecule has 0 bridgehead atoms. The maximum absolute atomic E-state index is 12.9. The second-order valence-corrected chi connectivity index (χ2v) is 6.31. The summed E-state index contributed by atoms with van der Waals surface area (Å²) in [6.07, 6.45) is 0. The van der Waals surface area contributed by atoms with Gasteiger partial charge in [-0.15, -0.1) is 0 Å². The van der Waals surface area contributed by atoms with Gasteiger partial charge in [-0.2, -0.15) is 0 Å². The summed E-state index contributed by atoms with van der Waals surface area (Å²) < 4.78 is 5.47.